The number of benzene rings is 4. The van der Waals surface area contributed by atoms with Gasteiger partial charge in [-0.25, -0.2) is 4.31 Å². The van der Waals surface area contributed by atoms with Gasteiger partial charge in [0.15, 0.2) is 0 Å². The van der Waals surface area contributed by atoms with E-state index in [2.05, 4.69) is 104 Å². The molecule has 0 amide bonds. The SMILES string of the molecule is Cc1cc(C)c(SN(CCc2cccc(Cl)c2)Cc2ccc(-c3ccccc3)cc2)c(C)c1. The summed E-state index contributed by atoms with van der Waals surface area (Å²) in [6.45, 7) is 8.42. The lowest BCUT2D eigenvalue weighted by Crippen LogP contribution is -2.19. The van der Waals surface area contributed by atoms with Crippen LogP contribution in [0.1, 0.15) is 27.8 Å². The minimum atomic E-state index is 0.799. The maximum atomic E-state index is 6.22. The lowest BCUT2D eigenvalue weighted by molar-refractivity contribution is 0.470. The van der Waals surface area contributed by atoms with Crippen molar-refractivity contribution in [3.8, 4) is 11.1 Å². The Morgan fingerprint density at radius 1 is 0.697 bits per heavy atom. The highest BCUT2D eigenvalue weighted by molar-refractivity contribution is 7.97. The number of hydrogen-bond donors (Lipinski definition) is 0. The normalized spacial score (nSPS) is 11.2. The van der Waals surface area contributed by atoms with Crippen LogP contribution in [0.5, 0.6) is 0 Å². The number of aryl methyl sites for hydroxylation is 3. The summed E-state index contributed by atoms with van der Waals surface area (Å²) in [5, 5.41) is 0.799. The first-order chi connectivity index (χ1) is 16.0. The predicted octanol–water partition coefficient (Wildman–Crippen LogP) is 8.68. The highest BCUT2D eigenvalue weighted by Crippen LogP contribution is 2.32. The molecule has 0 aliphatic rings. The van der Waals surface area contributed by atoms with Gasteiger partial charge in [-0.3, -0.25) is 0 Å². The second-order valence-electron chi connectivity index (χ2n) is 8.63. The van der Waals surface area contributed by atoms with Gasteiger partial charge in [-0.15, -0.1) is 0 Å². The molecular formula is C30H30ClNS. The molecule has 0 atom stereocenters. The lowest BCUT2D eigenvalue weighted by atomic mass is 10.0. The molecule has 3 heteroatoms. The second kappa shape index (κ2) is 11.1. The lowest BCUT2D eigenvalue weighted by Gasteiger charge is -2.24. The Hall–Kier alpha value is -2.52. The smallest absolute Gasteiger partial charge is 0.0408 e. The molecule has 0 unspecified atom stereocenters. The summed E-state index contributed by atoms with van der Waals surface area (Å²) in [5.41, 5.74) is 9.08. The van der Waals surface area contributed by atoms with Crippen molar-refractivity contribution in [2.75, 3.05) is 6.54 Å². The number of hydrogen-bond acceptors (Lipinski definition) is 2. The summed E-state index contributed by atoms with van der Waals surface area (Å²) < 4.78 is 2.48. The number of nitrogens with zero attached hydrogens (tertiary/aromatic N) is 1. The van der Waals surface area contributed by atoms with Gasteiger partial charge in [-0.2, -0.15) is 0 Å². The fourth-order valence-electron chi connectivity index (χ4n) is 4.18. The Labute approximate surface area is 207 Å². The van der Waals surface area contributed by atoms with Crippen molar-refractivity contribution >= 4 is 23.5 Å². The minimum Gasteiger partial charge on any atom is -0.242 e. The second-order valence-corrected chi connectivity index (χ2v) is 10.2. The van der Waals surface area contributed by atoms with Gasteiger partial charge in [-0.1, -0.05) is 96.0 Å². The first-order valence-corrected chi connectivity index (χ1v) is 12.5. The molecule has 1 nitrogen and oxygen atoms in total. The fourth-order valence-corrected chi connectivity index (χ4v) is 5.45. The summed E-state index contributed by atoms with van der Waals surface area (Å²) in [4.78, 5) is 1.35. The zero-order valence-corrected chi connectivity index (χ0v) is 21.1. The van der Waals surface area contributed by atoms with Crippen molar-refractivity contribution in [3.63, 3.8) is 0 Å². The third-order valence-corrected chi connectivity index (χ3v) is 7.42. The molecule has 4 rings (SSSR count). The van der Waals surface area contributed by atoms with Gasteiger partial charge in [0.25, 0.3) is 0 Å². The van der Waals surface area contributed by atoms with Crippen LogP contribution >= 0.6 is 23.5 Å². The van der Waals surface area contributed by atoms with Gasteiger partial charge in [-0.05, 0) is 84.7 Å². The standard InChI is InChI=1S/C30H30ClNS/c1-22-18-23(2)30(24(3)19-22)33-32(17-16-25-8-7-11-29(31)20-25)21-26-12-14-28(15-13-26)27-9-5-4-6-10-27/h4-15,18-20H,16-17,21H2,1-3H3. The molecule has 0 aliphatic carbocycles. The summed E-state index contributed by atoms with van der Waals surface area (Å²) in [6.07, 6.45) is 0.958. The van der Waals surface area contributed by atoms with Crippen molar-refractivity contribution in [1.29, 1.82) is 0 Å². The summed E-state index contributed by atoms with van der Waals surface area (Å²) in [6, 6.07) is 32.3. The molecule has 0 aliphatic heterocycles. The Morgan fingerprint density at radius 3 is 2.03 bits per heavy atom. The van der Waals surface area contributed by atoms with E-state index in [-0.39, 0.29) is 0 Å². The Kier molecular flexibility index (Phi) is 7.93. The highest BCUT2D eigenvalue weighted by atomic mass is 35.5. The summed E-state index contributed by atoms with van der Waals surface area (Å²) >= 11 is 8.09. The first kappa shape index (κ1) is 23.6. The van der Waals surface area contributed by atoms with Crippen molar-refractivity contribution in [1.82, 2.24) is 4.31 Å². The van der Waals surface area contributed by atoms with Crippen molar-refractivity contribution in [2.45, 2.75) is 38.6 Å². The third kappa shape index (κ3) is 6.51. The molecular weight excluding hydrogens is 442 g/mol. The molecule has 0 radical (unpaired) electrons. The van der Waals surface area contributed by atoms with Crippen molar-refractivity contribution in [3.05, 3.63) is 124 Å². The molecule has 0 saturated carbocycles. The summed E-state index contributed by atoms with van der Waals surface area (Å²) in [5.74, 6) is 0. The zero-order chi connectivity index (χ0) is 23.2. The third-order valence-electron chi connectivity index (χ3n) is 5.78. The quantitative estimate of drug-likeness (QED) is 0.236. The van der Waals surface area contributed by atoms with Gasteiger partial charge in [0.05, 0.1) is 0 Å². The fraction of sp³-hybridized carbons (Fsp3) is 0.200. The molecule has 0 N–H and O–H groups in total. The number of halogens is 1. The van der Waals surface area contributed by atoms with E-state index in [1.54, 1.807) is 0 Å². The van der Waals surface area contributed by atoms with E-state index in [1.807, 2.05) is 24.1 Å². The van der Waals surface area contributed by atoms with Crippen LogP contribution in [0.3, 0.4) is 0 Å². The van der Waals surface area contributed by atoms with Gasteiger partial charge >= 0.3 is 0 Å². The van der Waals surface area contributed by atoms with Crippen LogP contribution in [0.2, 0.25) is 5.02 Å². The van der Waals surface area contributed by atoms with E-state index in [0.29, 0.717) is 0 Å². The van der Waals surface area contributed by atoms with E-state index >= 15 is 0 Å². The molecule has 0 aromatic heterocycles. The van der Waals surface area contributed by atoms with Gasteiger partial charge in [0, 0.05) is 23.0 Å². The van der Waals surface area contributed by atoms with Crippen LogP contribution in [-0.2, 0) is 13.0 Å². The van der Waals surface area contributed by atoms with Crippen molar-refractivity contribution in [2.24, 2.45) is 0 Å². The average Bonchev–Trinajstić information content (AvgIpc) is 2.81. The number of rotatable bonds is 8. The molecule has 168 valence electrons. The van der Waals surface area contributed by atoms with Crippen LogP contribution in [0.15, 0.2) is 95.9 Å². The maximum absolute atomic E-state index is 6.22. The van der Waals surface area contributed by atoms with Gasteiger partial charge in [0.1, 0.15) is 0 Å². The van der Waals surface area contributed by atoms with E-state index in [0.717, 1.165) is 24.5 Å². The molecule has 33 heavy (non-hydrogen) atoms. The van der Waals surface area contributed by atoms with Crippen LogP contribution < -0.4 is 0 Å². The minimum absolute atomic E-state index is 0.799. The zero-order valence-electron chi connectivity index (χ0n) is 19.5. The summed E-state index contributed by atoms with van der Waals surface area (Å²) in [7, 11) is 0. The van der Waals surface area contributed by atoms with Crippen molar-refractivity contribution < 1.29 is 0 Å². The van der Waals surface area contributed by atoms with E-state index in [9.17, 15) is 0 Å². The Bertz CT molecular complexity index is 1180. The van der Waals surface area contributed by atoms with Crippen LogP contribution in [0.4, 0.5) is 0 Å². The van der Waals surface area contributed by atoms with Crippen LogP contribution in [0.25, 0.3) is 11.1 Å². The largest absolute Gasteiger partial charge is 0.242 e. The van der Waals surface area contributed by atoms with E-state index < -0.39 is 0 Å². The molecule has 0 bridgehead atoms. The molecule has 4 aromatic carbocycles. The first-order valence-electron chi connectivity index (χ1n) is 11.4. The molecule has 0 saturated heterocycles. The monoisotopic (exact) mass is 471 g/mol. The topological polar surface area (TPSA) is 3.24 Å². The van der Waals surface area contributed by atoms with E-state index in [4.69, 9.17) is 11.6 Å². The highest BCUT2D eigenvalue weighted by Gasteiger charge is 2.13. The molecule has 0 fully saturated rings. The van der Waals surface area contributed by atoms with Gasteiger partial charge < -0.3 is 0 Å². The maximum Gasteiger partial charge on any atom is 0.0408 e. The molecule has 0 spiro atoms. The average molecular weight is 472 g/mol. The predicted molar refractivity (Wildman–Crippen MR) is 144 cm³/mol. The van der Waals surface area contributed by atoms with Gasteiger partial charge in [0.2, 0.25) is 0 Å². The Balaban J connectivity index is 1.54. The van der Waals surface area contributed by atoms with Crippen LogP contribution in [-0.4, -0.2) is 10.8 Å². The molecule has 4 aromatic rings. The van der Waals surface area contributed by atoms with E-state index in [1.165, 1.54) is 43.8 Å². The molecule has 0 heterocycles. The Morgan fingerprint density at radius 2 is 1.36 bits per heavy atom. The van der Waals surface area contributed by atoms with Crippen LogP contribution in [0, 0.1) is 20.8 Å².